The molecule has 1 fully saturated rings. The molecule has 0 aliphatic carbocycles. The highest BCUT2D eigenvalue weighted by Crippen LogP contribution is 2.21. The van der Waals surface area contributed by atoms with Crippen molar-refractivity contribution in [3.05, 3.63) is 0 Å². The molecule has 0 spiro atoms. The van der Waals surface area contributed by atoms with E-state index in [1.807, 2.05) is 34.6 Å². The van der Waals surface area contributed by atoms with Crippen molar-refractivity contribution in [1.82, 2.24) is 9.80 Å². The smallest absolute Gasteiger partial charge is 0.410 e. The average molecular weight is 299 g/mol. The zero-order valence-electron chi connectivity index (χ0n) is 13.9. The topological polar surface area (TPSA) is 75.9 Å². The van der Waals surface area contributed by atoms with Crippen LogP contribution in [0.4, 0.5) is 4.79 Å². The van der Waals surface area contributed by atoms with Crippen LogP contribution in [0.15, 0.2) is 0 Å². The summed E-state index contributed by atoms with van der Waals surface area (Å²) >= 11 is 0. The lowest BCUT2D eigenvalue weighted by Gasteiger charge is -2.29. The van der Waals surface area contributed by atoms with Crippen LogP contribution in [0.2, 0.25) is 0 Å². The molecular weight excluding hydrogens is 270 g/mol. The average Bonchev–Trinajstić information content (AvgIpc) is 2.81. The van der Waals surface area contributed by atoms with Crippen LogP contribution in [0, 0.1) is 5.92 Å². The summed E-state index contributed by atoms with van der Waals surface area (Å²) in [6.45, 7) is 11.5. The van der Waals surface area contributed by atoms with Crippen molar-refractivity contribution in [2.45, 2.75) is 52.7 Å². The van der Waals surface area contributed by atoms with E-state index in [0.29, 0.717) is 19.6 Å². The van der Waals surface area contributed by atoms with Gasteiger partial charge in [-0.15, -0.1) is 0 Å². The van der Waals surface area contributed by atoms with Crippen LogP contribution in [0.1, 0.15) is 41.0 Å². The lowest BCUT2D eigenvalue weighted by atomic mass is 10.1. The van der Waals surface area contributed by atoms with Gasteiger partial charge in [0, 0.05) is 25.7 Å². The Morgan fingerprint density at radius 2 is 2.00 bits per heavy atom. The molecule has 2 N–H and O–H groups in total. The SMILES string of the molecule is CC(C)N(C[C@H]1CCN(C(=O)OC(C)(C)C)C1)C(=O)CN. The minimum atomic E-state index is -0.478. The van der Waals surface area contributed by atoms with E-state index in [0.717, 1.165) is 6.42 Å². The molecule has 122 valence electrons. The third kappa shape index (κ3) is 5.53. The van der Waals surface area contributed by atoms with Crippen LogP contribution < -0.4 is 5.73 Å². The Balaban J connectivity index is 2.54. The number of carbonyl (C=O) groups excluding carboxylic acids is 2. The van der Waals surface area contributed by atoms with Crippen molar-refractivity contribution in [3.63, 3.8) is 0 Å². The Bertz CT molecular complexity index is 377. The van der Waals surface area contributed by atoms with E-state index in [1.165, 1.54) is 0 Å². The largest absolute Gasteiger partial charge is 0.444 e. The first-order valence-electron chi connectivity index (χ1n) is 7.61. The fourth-order valence-corrected chi connectivity index (χ4v) is 2.47. The molecule has 0 unspecified atom stereocenters. The van der Waals surface area contributed by atoms with E-state index in [4.69, 9.17) is 10.5 Å². The molecule has 0 radical (unpaired) electrons. The summed E-state index contributed by atoms with van der Waals surface area (Å²) in [5.41, 5.74) is 4.98. The highest BCUT2D eigenvalue weighted by molar-refractivity contribution is 5.78. The van der Waals surface area contributed by atoms with Gasteiger partial charge in [0.25, 0.3) is 0 Å². The molecule has 0 aromatic heterocycles. The molecule has 0 bridgehead atoms. The number of ether oxygens (including phenoxy) is 1. The molecule has 0 aromatic carbocycles. The zero-order chi connectivity index (χ0) is 16.2. The van der Waals surface area contributed by atoms with Gasteiger partial charge in [0.1, 0.15) is 5.60 Å². The quantitative estimate of drug-likeness (QED) is 0.852. The molecule has 6 nitrogen and oxygen atoms in total. The third-order valence-corrected chi connectivity index (χ3v) is 3.51. The second kappa shape index (κ2) is 7.11. The van der Waals surface area contributed by atoms with Gasteiger partial charge in [-0.1, -0.05) is 0 Å². The summed E-state index contributed by atoms with van der Waals surface area (Å²) in [7, 11) is 0. The van der Waals surface area contributed by atoms with Crippen LogP contribution in [0.5, 0.6) is 0 Å². The molecule has 6 heteroatoms. The molecule has 1 atom stereocenters. The van der Waals surface area contributed by atoms with E-state index < -0.39 is 5.60 Å². The third-order valence-electron chi connectivity index (χ3n) is 3.51. The summed E-state index contributed by atoms with van der Waals surface area (Å²) in [4.78, 5) is 27.4. The Morgan fingerprint density at radius 3 is 2.48 bits per heavy atom. The molecule has 0 aromatic rings. The van der Waals surface area contributed by atoms with Crippen molar-refractivity contribution in [2.24, 2.45) is 11.7 Å². The number of likely N-dealkylation sites (tertiary alicyclic amines) is 1. The number of hydrogen-bond acceptors (Lipinski definition) is 4. The van der Waals surface area contributed by atoms with E-state index in [9.17, 15) is 9.59 Å². The van der Waals surface area contributed by atoms with Crippen molar-refractivity contribution < 1.29 is 14.3 Å². The summed E-state index contributed by atoms with van der Waals surface area (Å²) in [5, 5.41) is 0. The number of nitrogens with two attached hydrogens (primary N) is 1. The van der Waals surface area contributed by atoms with Gasteiger partial charge >= 0.3 is 6.09 Å². The van der Waals surface area contributed by atoms with Crippen LogP contribution in [-0.4, -0.2) is 59.6 Å². The van der Waals surface area contributed by atoms with Gasteiger partial charge in [-0.3, -0.25) is 4.79 Å². The maximum Gasteiger partial charge on any atom is 0.410 e. The molecule has 2 amide bonds. The highest BCUT2D eigenvalue weighted by atomic mass is 16.6. The standard InChI is InChI=1S/C15H29N3O3/c1-11(2)18(13(19)8-16)10-12-6-7-17(9-12)14(20)21-15(3,4)5/h11-12H,6-10,16H2,1-5H3/t12-/m0/s1. The van der Waals surface area contributed by atoms with Gasteiger partial charge in [-0.2, -0.15) is 0 Å². The normalized spacial score (nSPS) is 19.0. The first-order valence-corrected chi connectivity index (χ1v) is 7.61. The summed E-state index contributed by atoms with van der Waals surface area (Å²) in [5.74, 6) is 0.246. The molecular formula is C15H29N3O3. The lowest BCUT2D eigenvalue weighted by molar-refractivity contribution is -0.132. The van der Waals surface area contributed by atoms with Crippen molar-refractivity contribution in [2.75, 3.05) is 26.2 Å². The molecule has 1 aliphatic rings. The Hall–Kier alpha value is -1.30. The summed E-state index contributed by atoms with van der Waals surface area (Å²) in [6.07, 6.45) is 0.617. The number of hydrogen-bond donors (Lipinski definition) is 1. The van der Waals surface area contributed by atoms with Crippen molar-refractivity contribution in [3.8, 4) is 0 Å². The van der Waals surface area contributed by atoms with E-state index in [-0.39, 0.29) is 30.5 Å². The van der Waals surface area contributed by atoms with E-state index >= 15 is 0 Å². The van der Waals surface area contributed by atoms with Gasteiger partial charge in [0.2, 0.25) is 5.91 Å². The second-order valence-electron chi connectivity index (χ2n) is 6.93. The number of nitrogens with zero attached hydrogens (tertiary/aromatic N) is 2. The van der Waals surface area contributed by atoms with Gasteiger partial charge in [-0.05, 0) is 47.0 Å². The minimum absolute atomic E-state index is 0.0285. The molecule has 1 rings (SSSR count). The molecule has 21 heavy (non-hydrogen) atoms. The summed E-state index contributed by atoms with van der Waals surface area (Å²) < 4.78 is 5.38. The van der Waals surface area contributed by atoms with Crippen molar-refractivity contribution in [1.29, 1.82) is 0 Å². The monoisotopic (exact) mass is 299 g/mol. The highest BCUT2D eigenvalue weighted by Gasteiger charge is 2.31. The Morgan fingerprint density at radius 1 is 1.38 bits per heavy atom. The number of amides is 2. The van der Waals surface area contributed by atoms with Gasteiger partial charge < -0.3 is 20.3 Å². The zero-order valence-corrected chi connectivity index (χ0v) is 13.9. The Labute approximate surface area is 127 Å². The van der Waals surface area contributed by atoms with Crippen LogP contribution >= 0.6 is 0 Å². The van der Waals surface area contributed by atoms with Gasteiger partial charge in [0.05, 0.1) is 6.54 Å². The molecule has 1 aliphatic heterocycles. The van der Waals surface area contributed by atoms with Crippen molar-refractivity contribution >= 4 is 12.0 Å². The van der Waals surface area contributed by atoms with E-state index in [2.05, 4.69) is 0 Å². The second-order valence-corrected chi connectivity index (χ2v) is 6.93. The maximum absolute atomic E-state index is 12.0. The predicted molar refractivity (Wildman–Crippen MR) is 81.8 cm³/mol. The van der Waals surface area contributed by atoms with Crippen LogP contribution in [0.3, 0.4) is 0 Å². The predicted octanol–water partition coefficient (Wildman–Crippen LogP) is 1.44. The molecule has 1 saturated heterocycles. The molecule has 0 saturated carbocycles. The number of carbonyl (C=O) groups is 2. The van der Waals surface area contributed by atoms with Crippen LogP contribution in [-0.2, 0) is 9.53 Å². The fraction of sp³-hybridized carbons (Fsp3) is 0.867. The van der Waals surface area contributed by atoms with Gasteiger partial charge in [-0.25, -0.2) is 4.79 Å². The van der Waals surface area contributed by atoms with Gasteiger partial charge in [0.15, 0.2) is 0 Å². The first-order chi connectivity index (χ1) is 9.64. The van der Waals surface area contributed by atoms with E-state index in [1.54, 1.807) is 9.80 Å². The lowest BCUT2D eigenvalue weighted by Crippen LogP contribution is -2.44. The summed E-state index contributed by atoms with van der Waals surface area (Å²) in [6, 6.07) is 0.122. The molecule has 1 heterocycles. The van der Waals surface area contributed by atoms with Crippen LogP contribution in [0.25, 0.3) is 0 Å². The first kappa shape index (κ1) is 17.8. The number of rotatable bonds is 4. The Kier molecular flexibility index (Phi) is 6.01. The minimum Gasteiger partial charge on any atom is -0.444 e. The maximum atomic E-state index is 12.0. The fourth-order valence-electron chi connectivity index (χ4n) is 2.47.